The lowest BCUT2D eigenvalue weighted by Crippen LogP contribution is -2.61. The highest BCUT2D eigenvalue weighted by Crippen LogP contribution is 2.44. The molecule has 1 heterocycles. The lowest BCUT2D eigenvalue weighted by Gasteiger charge is -2.44. The van der Waals surface area contributed by atoms with Crippen molar-refractivity contribution < 1.29 is 14.1 Å². The summed E-state index contributed by atoms with van der Waals surface area (Å²) in [4.78, 5) is 17.2. The molecule has 0 saturated carbocycles. The minimum Gasteiger partial charge on any atom is -0.401 e. The number of amides is 2. The highest BCUT2D eigenvalue weighted by molar-refractivity contribution is 6.49. The Hall–Kier alpha value is -1.53. The summed E-state index contributed by atoms with van der Waals surface area (Å²) in [5.41, 5.74) is -0.761. The van der Waals surface area contributed by atoms with Gasteiger partial charge < -0.3 is 19.1 Å². The molecule has 1 saturated heterocycles. The maximum atomic E-state index is 13.6. The Bertz CT molecular complexity index is 666. The lowest BCUT2D eigenvalue weighted by atomic mass is 9.60. The molecular formula is C22H37BN2O3. The maximum Gasteiger partial charge on any atom is 0.490 e. The van der Waals surface area contributed by atoms with Crippen molar-refractivity contribution in [1.82, 2.24) is 9.80 Å². The fourth-order valence-electron chi connectivity index (χ4n) is 3.75. The van der Waals surface area contributed by atoms with Crippen LogP contribution in [0, 0.1) is 0 Å². The van der Waals surface area contributed by atoms with Crippen LogP contribution in [-0.2, 0) is 14.7 Å². The Balaban J connectivity index is 2.53. The van der Waals surface area contributed by atoms with Gasteiger partial charge in [-0.05, 0) is 67.9 Å². The first-order valence-electron chi connectivity index (χ1n) is 10.2. The Morgan fingerprint density at radius 3 is 1.79 bits per heavy atom. The number of urea groups is 1. The number of benzene rings is 1. The molecule has 2 rings (SSSR count). The van der Waals surface area contributed by atoms with Gasteiger partial charge in [0.1, 0.15) is 5.44 Å². The van der Waals surface area contributed by atoms with Crippen LogP contribution in [0.15, 0.2) is 30.3 Å². The van der Waals surface area contributed by atoms with E-state index in [0.29, 0.717) is 0 Å². The highest BCUT2D eigenvalue weighted by atomic mass is 16.7. The standard InChI is InChI=1S/C22H37BN2O3/c1-16(2)25(17(3)4)19(26)24(10)22(9,18-14-12-11-13-15-18)23-27-20(5,6)21(7,8)28-23/h11-17H,1-10H3/t22-/m1/s1. The zero-order valence-corrected chi connectivity index (χ0v) is 19.2. The fourth-order valence-corrected chi connectivity index (χ4v) is 3.75. The third kappa shape index (κ3) is 3.81. The molecule has 1 aromatic rings. The van der Waals surface area contributed by atoms with Crippen LogP contribution in [0.5, 0.6) is 0 Å². The molecule has 6 heteroatoms. The van der Waals surface area contributed by atoms with Crippen LogP contribution in [0.25, 0.3) is 0 Å². The number of nitrogens with zero attached hydrogens (tertiary/aromatic N) is 2. The number of hydrogen-bond acceptors (Lipinski definition) is 3. The molecule has 5 nitrogen and oxygen atoms in total. The van der Waals surface area contributed by atoms with Crippen LogP contribution in [0.2, 0.25) is 0 Å². The Kier molecular flexibility index (Phi) is 6.27. The van der Waals surface area contributed by atoms with Crippen LogP contribution >= 0.6 is 0 Å². The molecule has 0 bridgehead atoms. The van der Waals surface area contributed by atoms with Gasteiger partial charge in [0.25, 0.3) is 0 Å². The summed E-state index contributed by atoms with van der Waals surface area (Å²) in [5, 5.41) is 0. The lowest BCUT2D eigenvalue weighted by molar-refractivity contribution is 0.00578. The molecule has 1 aromatic carbocycles. The average Bonchev–Trinajstić information content (AvgIpc) is 2.81. The summed E-state index contributed by atoms with van der Waals surface area (Å²) in [6.45, 7) is 18.3. The summed E-state index contributed by atoms with van der Waals surface area (Å²) >= 11 is 0. The van der Waals surface area contributed by atoms with Crippen molar-refractivity contribution in [2.24, 2.45) is 0 Å². The van der Waals surface area contributed by atoms with Crippen molar-refractivity contribution in [2.75, 3.05) is 7.05 Å². The van der Waals surface area contributed by atoms with Gasteiger partial charge in [0.2, 0.25) is 0 Å². The number of rotatable bonds is 5. The monoisotopic (exact) mass is 388 g/mol. The van der Waals surface area contributed by atoms with Crippen LogP contribution in [0.3, 0.4) is 0 Å². The molecule has 1 aliphatic rings. The minimum absolute atomic E-state index is 0.0361. The van der Waals surface area contributed by atoms with E-state index in [-0.39, 0.29) is 18.1 Å². The van der Waals surface area contributed by atoms with E-state index in [1.54, 1.807) is 4.90 Å². The third-order valence-corrected chi connectivity index (χ3v) is 6.39. The van der Waals surface area contributed by atoms with Crippen LogP contribution in [0.1, 0.15) is 67.9 Å². The minimum atomic E-state index is -0.786. The number of hydrogen-bond donors (Lipinski definition) is 0. The highest BCUT2D eigenvalue weighted by Gasteiger charge is 2.61. The SMILES string of the molecule is CC(C)N(C(=O)N(C)[C@@](C)(B1OC(C)(C)C(C)(C)O1)c1ccccc1)C(C)C. The second-order valence-corrected chi connectivity index (χ2v) is 9.54. The van der Waals surface area contributed by atoms with Crippen molar-refractivity contribution in [3.63, 3.8) is 0 Å². The summed E-state index contributed by atoms with van der Waals surface area (Å²) < 4.78 is 12.8. The van der Waals surface area contributed by atoms with Gasteiger partial charge in [0.05, 0.1) is 11.2 Å². The molecule has 0 aliphatic carbocycles. The van der Waals surface area contributed by atoms with Gasteiger partial charge in [-0.15, -0.1) is 0 Å². The molecular weight excluding hydrogens is 351 g/mol. The third-order valence-electron chi connectivity index (χ3n) is 6.39. The van der Waals surface area contributed by atoms with Gasteiger partial charge in [-0.25, -0.2) is 4.79 Å². The van der Waals surface area contributed by atoms with Crippen LogP contribution in [-0.4, -0.2) is 53.3 Å². The molecule has 0 aromatic heterocycles. The van der Waals surface area contributed by atoms with E-state index in [2.05, 4.69) is 0 Å². The van der Waals surface area contributed by atoms with E-state index >= 15 is 0 Å². The first-order valence-corrected chi connectivity index (χ1v) is 10.2. The quantitative estimate of drug-likeness (QED) is 0.687. The molecule has 0 N–H and O–H groups in total. The number of carbonyl (C=O) groups is 1. The summed E-state index contributed by atoms with van der Waals surface area (Å²) in [6, 6.07) is 10.2. The first-order chi connectivity index (χ1) is 12.8. The number of carbonyl (C=O) groups excluding carboxylic acids is 1. The zero-order valence-electron chi connectivity index (χ0n) is 19.2. The summed E-state index contributed by atoms with van der Waals surface area (Å²) in [5.74, 6) is 0. The van der Waals surface area contributed by atoms with E-state index in [0.717, 1.165) is 5.56 Å². The molecule has 2 amide bonds. The van der Waals surface area contributed by atoms with Crippen molar-refractivity contribution in [3.05, 3.63) is 35.9 Å². The molecule has 28 heavy (non-hydrogen) atoms. The van der Waals surface area contributed by atoms with Crippen molar-refractivity contribution in [2.45, 2.75) is 91.0 Å². The molecule has 1 aliphatic heterocycles. The molecule has 1 atom stereocenters. The molecule has 156 valence electrons. The average molecular weight is 388 g/mol. The van der Waals surface area contributed by atoms with Crippen molar-refractivity contribution in [3.8, 4) is 0 Å². The smallest absolute Gasteiger partial charge is 0.401 e. The van der Waals surface area contributed by atoms with E-state index < -0.39 is 23.8 Å². The summed E-state index contributed by atoms with van der Waals surface area (Å²) in [7, 11) is 1.26. The molecule has 1 fully saturated rings. The first kappa shape index (κ1) is 22.8. The second-order valence-electron chi connectivity index (χ2n) is 9.54. The largest absolute Gasteiger partial charge is 0.490 e. The second kappa shape index (κ2) is 7.71. The Morgan fingerprint density at radius 1 is 0.964 bits per heavy atom. The normalized spacial score (nSPS) is 20.4. The zero-order chi connectivity index (χ0) is 21.5. The Morgan fingerprint density at radius 2 is 1.39 bits per heavy atom. The predicted octanol–water partition coefficient (Wildman–Crippen LogP) is 4.70. The van der Waals surface area contributed by atoms with Gasteiger partial charge in [0.15, 0.2) is 0 Å². The maximum absolute atomic E-state index is 13.6. The fraction of sp³-hybridized carbons (Fsp3) is 0.682. The van der Waals surface area contributed by atoms with Crippen molar-refractivity contribution >= 4 is 13.1 Å². The molecule has 0 spiro atoms. The molecule has 0 unspecified atom stereocenters. The van der Waals surface area contributed by atoms with E-state index in [4.69, 9.17) is 9.31 Å². The van der Waals surface area contributed by atoms with E-state index in [1.807, 2.05) is 105 Å². The predicted molar refractivity (Wildman–Crippen MR) is 115 cm³/mol. The molecule has 0 radical (unpaired) electrons. The van der Waals surface area contributed by atoms with E-state index in [1.165, 1.54) is 0 Å². The van der Waals surface area contributed by atoms with Gasteiger partial charge in [-0.2, -0.15) is 0 Å². The van der Waals surface area contributed by atoms with Crippen LogP contribution < -0.4 is 0 Å². The Labute approximate surface area is 171 Å². The van der Waals surface area contributed by atoms with Crippen LogP contribution in [0.4, 0.5) is 4.79 Å². The van der Waals surface area contributed by atoms with Crippen molar-refractivity contribution in [1.29, 1.82) is 0 Å². The van der Waals surface area contributed by atoms with Gasteiger partial charge in [-0.1, -0.05) is 30.3 Å². The van der Waals surface area contributed by atoms with Gasteiger partial charge >= 0.3 is 13.1 Å². The van der Waals surface area contributed by atoms with E-state index in [9.17, 15) is 4.79 Å². The summed E-state index contributed by atoms with van der Waals surface area (Å²) in [6.07, 6.45) is 0. The van der Waals surface area contributed by atoms with Gasteiger partial charge in [0, 0.05) is 19.1 Å². The topological polar surface area (TPSA) is 42.0 Å². The van der Waals surface area contributed by atoms with Gasteiger partial charge in [-0.3, -0.25) is 0 Å².